The summed E-state index contributed by atoms with van der Waals surface area (Å²) in [6.45, 7) is 24.4. The SMILES string of the molecule is CCCCCCCCCCCCCCCC(=O)C[C@@H](CCC(=O)NCCOCCOCCOCCOCCOCCOCCOCCOCCOCCOCCOCCOCCOCCOCCOCCOCCOCCOCCOCCOCCOCCOCCOCCOCCC(=O)NCCCC[C@H](N)C(=O)O)C(=O)O. The lowest BCUT2D eigenvalue weighted by Crippen LogP contribution is -2.30. The number of Topliss-reactive ketones (excluding diaryl/α,β-unsaturated/α-hetero) is 1. The molecule has 0 radical (unpaired) electrons. The lowest BCUT2D eigenvalue weighted by atomic mass is 9.94. The van der Waals surface area contributed by atoms with Crippen LogP contribution in [-0.2, 0) is 138 Å². The highest BCUT2D eigenvalue weighted by molar-refractivity contribution is 5.84. The van der Waals surface area contributed by atoms with Gasteiger partial charge in [0.2, 0.25) is 11.8 Å². The molecule has 670 valence electrons. The van der Waals surface area contributed by atoms with Crippen LogP contribution in [-0.4, -0.2) is 376 Å². The van der Waals surface area contributed by atoms with Gasteiger partial charge in [0.15, 0.2) is 0 Å². The minimum absolute atomic E-state index is 0.0255. The summed E-state index contributed by atoms with van der Waals surface area (Å²) in [4.78, 5) is 59.0. The Kier molecular flexibility index (Phi) is 92.8. The number of hydrogen-bond acceptors (Lipinski definition) is 30. The van der Waals surface area contributed by atoms with Gasteiger partial charge in [-0.15, -0.1) is 0 Å². The first-order valence-corrected chi connectivity index (χ1v) is 41.8. The summed E-state index contributed by atoms with van der Waals surface area (Å²) in [5.41, 5.74) is 5.45. The van der Waals surface area contributed by atoms with Crippen molar-refractivity contribution in [3.8, 4) is 0 Å². The number of nitrogens with two attached hydrogens (primary N) is 1. The van der Waals surface area contributed by atoms with Crippen molar-refractivity contribution in [2.24, 2.45) is 11.7 Å². The molecular weight excluding hydrogens is 1490 g/mol. The van der Waals surface area contributed by atoms with Gasteiger partial charge in [0, 0.05) is 38.8 Å². The molecule has 0 aromatic carbocycles. The number of nitrogens with one attached hydrogen (secondary N) is 2. The zero-order valence-electron chi connectivity index (χ0n) is 69.2. The predicted molar refractivity (Wildman–Crippen MR) is 420 cm³/mol. The first-order valence-electron chi connectivity index (χ1n) is 41.8. The maximum Gasteiger partial charge on any atom is 0.320 e. The fourth-order valence-corrected chi connectivity index (χ4v) is 9.94. The first kappa shape index (κ1) is 110. The highest BCUT2D eigenvalue weighted by Crippen LogP contribution is 2.17. The van der Waals surface area contributed by atoms with Gasteiger partial charge in [0.05, 0.1) is 323 Å². The Labute approximate surface area is 675 Å². The molecule has 34 heteroatoms. The second-order valence-electron chi connectivity index (χ2n) is 25.9. The van der Waals surface area contributed by atoms with Crippen LogP contribution in [0.15, 0.2) is 0 Å². The normalized spacial score (nSPS) is 12.2. The third-order valence-corrected chi connectivity index (χ3v) is 16.3. The van der Waals surface area contributed by atoms with E-state index in [-0.39, 0.29) is 43.3 Å². The molecule has 0 aliphatic rings. The Morgan fingerprint density at radius 1 is 0.239 bits per heavy atom. The van der Waals surface area contributed by atoms with Crippen LogP contribution in [0.4, 0.5) is 0 Å². The van der Waals surface area contributed by atoms with Crippen LogP contribution in [0.1, 0.15) is 142 Å². The average molecular weight is 1640 g/mol. The highest BCUT2D eigenvalue weighted by Gasteiger charge is 2.22. The highest BCUT2D eigenvalue weighted by atomic mass is 16.6. The van der Waals surface area contributed by atoms with Crippen molar-refractivity contribution in [3.05, 3.63) is 0 Å². The Hall–Kier alpha value is -3.45. The average Bonchev–Trinajstić information content (AvgIpc) is 0.932. The third-order valence-electron chi connectivity index (χ3n) is 16.3. The zero-order valence-corrected chi connectivity index (χ0v) is 69.2. The van der Waals surface area contributed by atoms with E-state index in [1.807, 2.05) is 0 Å². The zero-order chi connectivity index (χ0) is 81.6. The first-order chi connectivity index (χ1) is 55.7. The topological polar surface area (TPSA) is 397 Å². The fraction of sp³-hybridized carbons (Fsp3) is 0.937. The van der Waals surface area contributed by atoms with E-state index >= 15 is 0 Å². The number of carbonyl (C=O) groups is 5. The number of hydrogen-bond donors (Lipinski definition) is 5. The van der Waals surface area contributed by atoms with Crippen LogP contribution in [0.3, 0.4) is 0 Å². The van der Waals surface area contributed by atoms with Gasteiger partial charge in [-0.3, -0.25) is 24.0 Å². The summed E-state index contributed by atoms with van der Waals surface area (Å²) in [6, 6.07) is -0.863. The number of rotatable bonds is 101. The Balaban J connectivity index is 3.22. The number of ketones is 1. The molecular formula is C79H153N3O31. The molecule has 0 saturated carbocycles. The monoisotopic (exact) mass is 1640 g/mol. The number of amides is 2. The molecule has 0 aromatic rings. The van der Waals surface area contributed by atoms with Crippen molar-refractivity contribution >= 4 is 29.5 Å². The molecule has 0 unspecified atom stereocenters. The minimum atomic E-state index is -1.04. The molecule has 6 N–H and O–H groups in total. The van der Waals surface area contributed by atoms with E-state index in [1.54, 1.807) is 0 Å². The van der Waals surface area contributed by atoms with Crippen LogP contribution in [0.2, 0.25) is 0 Å². The number of carboxylic acid groups (broad SMARTS) is 2. The van der Waals surface area contributed by atoms with E-state index in [1.165, 1.54) is 64.2 Å². The van der Waals surface area contributed by atoms with Crippen LogP contribution >= 0.6 is 0 Å². The molecule has 0 saturated heterocycles. The lowest BCUT2D eigenvalue weighted by molar-refractivity contribution is -0.144. The molecule has 0 bridgehead atoms. The maximum atomic E-state index is 12.5. The van der Waals surface area contributed by atoms with Crippen molar-refractivity contribution < 1.29 is 148 Å². The Bertz CT molecular complexity index is 1970. The lowest BCUT2D eigenvalue weighted by Gasteiger charge is -2.12. The summed E-state index contributed by atoms with van der Waals surface area (Å²) in [6.07, 6.45) is 18.4. The van der Waals surface area contributed by atoms with Crippen molar-refractivity contribution in [1.82, 2.24) is 10.6 Å². The van der Waals surface area contributed by atoms with Gasteiger partial charge in [-0.1, -0.05) is 84.0 Å². The molecule has 0 spiro atoms. The van der Waals surface area contributed by atoms with E-state index < -0.39 is 23.9 Å². The molecule has 0 fully saturated rings. The van der Waals surface area contributed by atoms with Gasteiger partial charge >= 0.3 is 11.9 Å². The fourth-order valence-electron chi connectivity index (χ4n) is 9.94. The van der Waals surface area contributed by atoms with Gasteiger partial charge in [0.25, 0.3) is 0 Å². The van der Waals surface area contributed by atoms with Crippen molar-refractivity contribution in [3.63, 3.8) is 0 Å². The van der Waals surface area contributed by atoms with Gasteiger partial charge in [-0.2, -0.15) is 0 Å². The van der Waals surface area contributed by atoms with Crippen molar-refractivity contribution in [1.29, 1.82) is 0 Å². The summed E-state index contributed by atoms with van der Waals surface area (Å²) in [5, 5.41) is 23.9. The molecule has 2 amide bonds. The van der Waals surface area contributed by atoms with E-state index in [4.69, 9.17) is 125 Å². The van der Waals surface area contributed by atoms with Crippen LogP contribution in [0, 0.1) is 5.92 Å². The number of unbranched alkanes of at least 4 members (excludes halogenated alkanes) is 13. The smallest absolute Gasteiger partial charge is 0.320 e. The Morgan fingerprint density at radius 2 is 0.460 bits per heavy atom. The summed E-state index contributed by atoms with van der Waals surface area (Å²) in [5.74, 6) is -3.31. The maximum absolute atomic E-state index is 12.5. The van der Waals surface area contributed by atoms with E-state index in [2.05, 4.69) is 17.6 Å². The summed E-state index contributed by atoms with van der Waals surface area (Å²) >= 11 is 0. The van der Waals surface area contributed by atoms with Crippen LogP contribution in [0.5, 0.6) is 0 Å². The largest absolute Gasteiger partial charge is 0.481 e. The number of aliphatic carboxylic acids is 2. The quantitative estimate of drug-likeness (QED) is 0.0468. The van der Waals surface area contributed by atoms with E-state index in [0.717, 1.165) is 19.3 Å². The molecule has 0 aromatic heterocycles. The molecule has 0 rings (SSSR count). The van der Waals surface area contributed by atoms with Gasteiger partial charge in [0.1, 0.15) is 11.8 Å². The molecule has 0 aliphatic heterocycles. The van der Waals surface area contributed by atoms with Crippen molar-refractivity contribution in [2.45, 2.75) is 148 Å². The number of carboxylic acids is 2. The second kappa shape index (κ2) is 95.7. The molecule has 113 heavy (non-hydrogen) atoms. The molecule has 0 heterocycles. The second-order valence-corrected chi connectivity index (χ2v) is 25.9. The standard InChI is InChI=1S/C79H153N3O31/c1-2-3-4-5-6-7-8-9-10-11-12-13-14-17-74(83)72-73(78(86)87)19-20-76(84)82-23-25-91-27-29-93-31-33-95-35-37-97-39-41-99-43-45-101-47-49-103-51-53-105-55-57-107-59-61-109-63-65-111-67-69-113-71-70-112-68-66-110-64-62-108-60-58-106-56-54-104-52-50-102-48-46-100-44-42-98-40-38-96-36-34-94-32-30-92-28-26-90-24-21-77(85)81-22-16-15-18-75(80)79(88)89/h73,75H,2-72,80H2,1H3,(H,81,85)(H,82,84)(H,86,87)(H,88,89)/t73-,75+/m1/s1. The van der Waals surface area contributed by atoms with E-state index in [9.17, 15) is 29.1 Å². The number of ether oxygens (including phenoxy) is 24. The van der Waals surface area contributed by atoms with Gasteiger partial charge in [-0.05, 0) is 32.1 Å². The van der Waals surface area contributed by atoms with Gasteiger partial charge in [-0.25, -0.2) is 0 Å². The Morgan fingerprint density at radius 3 is 0.708 bits per heavy atom. The molecule has 34 nitrogen and oxygen atoms in total. The number of carbonyl (C=O) groups excluding carboxylic acids is 3. The van der Waals surface area contributed by atoms with Crippen LogP contribution in [0.25, 0.3) is 0 Å². The summed E-state index contributed by atoms with van der Waals surface area (Å²) in [7, 11) is 0. The predicted octanol–water partition coefficient (Wildman–Crippen LogP) is 5.51. The van der Waals surface area contributed by atoms with Crippen LogP contribution < -0.4 is 16.4 Å². The third kappa shape index (κ3) is 93.9. The van der Waals surface area contributed by atoms with Gasteiger partial charge < -0.3 is 140 Å². The molecule has 2 atom stereocenters. The van der Waals surface area contributed by atoms with Crippen molar-refractivity contribution in [2.75, 3.05) is 330 Å². The van der Waals surface area contributed by atoms with E-state index in [0.29, 0.717) is 356 Å². The summed E-state index contributed by atoms with van der Waals surface area (Å²) < 4.78 is 132. The minimum Gasteiger partial charge on any atom is -0.481 e. The molecule has 0 aliphatic carbocycles.